The summed E-state index contributed by atoms with van der Waals surface area (Å²) in [7, 11) is -3.58. The summed E-state index contributed by atoms with van der Waals surface area (Å²) in [6.45, 7) is 1.88. The Labute approximate surface area is 117 Å². The van der Waals surface area contributed by atoms with Crippen molar-refractivity contribution < 1.29 is 8.42 Å². The average molecular weight is 309 g/mol. The summed E-state index contributed by atoms with van der Waals surface area (Å²) in [4.78, 5) is 3.79. The van der Waals surface area contributed by atoms with Gasteiger partial charge in [-0.05, 0) is 31.7 Å². The lowest BCUT2D eigenvalue weighted by Gasteiger charge is -2.31. The zero-order valence-electron chi connectivity index (χ0n) is 9.86. The highest BCUT2D eigenvalue weighted by atomic mass is 35.5. The Morgan fingerprint density at radius 3 is 2.61 bits per heavy atom. The predicted molar refractivity (Wildman–Crippen MR) is 71.4 cm³/mol. The van der Waals surface area contributed by atoms with Crippen LogP contribution < -0.4 is 4.72 Å². The number of hydrogen-bond acceptors (Lipinski definition) is 3. The number of sulfonamides is 1. The Morgan fingerprint density at radius 1 is 1.44 bits per heavy atom. The largest absolute Gasteiger partial charge is 0.242 e. The van der Waals surface area contributed by atoms with Crippen molar-refractivity contribution in [1.29, 1.82) is 0 Å². The third-order valence-electron chi connectivity index (χ3n) is 3.28. The van der Waals surface area contributed by atoms with Crippen molar-refractivity contribution in [2.45, 2.75) is 37.1 Å². The van der Waals surface area contributed by atoms with Crippen molar-refractivity contribution in [3.05, 3.63) is 22.4 Å². The molecule has 1 heterocycles. The fourth-order valence-corrected chi connectivity index (χ4v) is 3.52. The van der Waals surface area contributed by atoms with E-state index in [1.165, 1.54) is 18.7 Å². The van der Waals surface area contributed by atoms with Crippen molar-refractivity contribution in [2.24, 2.45) is 5.92 Å². The van der Waals surface area contributed by atoms with Gasteiger partial charge >= 0.3 is 0 Å². The fraction of sp³-hybridized carbons (Fsp3) is 0.545. The third kappa shape index (κ3) is 2.96. The average Bonchev–Trinajstić information content (AvgIpc) is 2.18. The van der Waals surface area contributed by atoms with Gasteiger partial charge < -0.3 is 0 Å². The van der Waals surface area contributed by atoms with Crippen LogP contribution >= 0.6 is 23.2 Å². The number of aromatic nitrogens is 1. The monoisotopic (exact) mass is 308 g/mol. The van der Waals surface area contributed by atoms with Crippen LogP contribution in [0.4, 0.5) is 0 Å². The molecule has 1 aromatic heterocycles. The molecule has 1 atom stereocenters. The summed E-state index contributed by atoms with van der Waals surface area (Å²) in [5.74, 6) is 0.426. The maximum atomic E-state index is 12.1. The Bertz CT molecular complexity index is 544. The van der Waals surface area contributed by atoms with Crippen LogP contribution in [-0.2, 0) is 10.0 Å². The Kier molecular flexibility index (Phi) is 4.16. The van der Waals surface area contributed by atoms with Gasteiger partial charge in [-0.25, -0.2) is 18.1 Å². The second kappa shape index (κ2) is 5.33. The van der Waals surface area contributed by atoms with Crippen LogP contribution in [0.25, 0.3) is 0 Å². The van der Waals surface area contributed by atoms with Crippen molar-refractivity contribution >= 4 is 33.2 Å². The second-order valence-electron chi connectivity index (χ2n) is 4.54. The lowest BCUT2D eigenvalue weighted by Crippen LogP contribution is -2.40. The van der Waals surface area contributed by atoms with Crippen molar-refractivity contribution in [3.8, 4) is 0 Å². The third-order valence-corrected chi connectivity index (χ3v) is 5.49. The molecule has 0 saturated heterocycles. The predicted octanol–water partition coefficient (Wildman–Crippen LogP) is 2.86. The summed E-state index contributed by atoms with van der Waals surface area (Å²) in [5.41, 5.74) is 0. The van der Waals surface area contributed by atoms with Crippen molar-refractivity contribution in [1.82, 2.24) is 9.71 Å². The number of halogens is 2. The number of nitrogens with one attached hydrogen (secondary N) is 1. The van der Waals surface area contributed by atoms with E-state index in [0.29, 0.717) is 5.92 Å². The van der Waals surface area contributed by atoms with Gasteiger partial charge in [-0.15, -0.1) is 0 Å². The summed E-state index contributed by atoms with van der Waals surface area (Å²) < 4.78 is 26.8. The van der Waals surface area contributed by atoms with Crippen molar-refractivity contribution in [3.63, 3.8) is 0 Å². The van der Waals surface area contributed by atoms with Crippen LogP contribution in [0.3, 0.4) is 0 Å². The van der Waals surface area contributed by atoms with Gasteiger partial charge in [0.05, 0.1) is 5.02 Å². The molecule has 18 heavy (non-hydrogen) atoms. The molecule has 1 unspecified atom stereocenters. The van der Waals surface area contributed by atoms with E-state index in [2.05, 4.69) is 9.71 Å². The summed E-state index contributed by atoms with van der Waals surface area (Å²) >= 11 is 11.4. The van der Waals surface area contributed by atoms with E-state index in [9.17, 15) is 8.42 Å². The first-order chi connectivity index (χ1) is 8.40. The molecule has 0 amide bonds. The Morgan fingerprint density at radius 2 is 2.11 bits per heavy atom. The highest BCUT2D eigenvalue weighted by molar-refractivity contribution is 7.89. The highest BCUT2D eigenvalue weighted by Gasteiger charge is 2.28. The van der Waals surface area contributed by atoms with Gasteiger partial charge in [-0.3, -0.25) is 0 Å². The normalized spacial score (nSPS) is 18.4. The van der Waals surface area contributed by atoms with Crippen LogP contribution in [0.1, 0.15) is 26.2 Å². The van der Waals surface area contributed by atoms with Crippen LogP contribution in [0, 0.1) is 5.92 Å². The molecule has 0 aromatic carbocycles. The molecular formula is C11H14Cl2N2O2S. The van der Waals surface area contributed by atoms with Crippen molar-refractivity contribution in [2.75, 3.05) is 0 Å². The van der Waals surface area contributed by atoms with E-state index in [1.807, 2.05) is 6.92 Å². The fourth-order valence-electron chi connectivity index (χ4n) is 1.90. The lowest BCUT2D eigenvalue weighted by atomic mass is 9.81. The van der Waals surface area contributed by atoms with Gasteiger partial charge in [0.25, 0.3) is 0 Å². The standard InChI is InChI=1S/C11H14Cl2N2O2S/c1-7(8-3-2-4-8)15-18(16,17)9-5-10(12)11(13)14-6-9/h5-8,15H,2-4H2,1H3. The van der Waals surface area contributed by atoms with E-state index in [0.717, 1.165) is 12.8 Å². The van der Waals surface area contributed by atoms with Gasteiger partial charge in [-0.1, -0.05) is 29.6 Å². The van der Waals surface area contributed by atoms with Gasteiger partial charge in [0.15, 0.2) is 0 Å². The molecule has 0 radical (unpaired) electrons. The maximum Gasteiger partial charge on any atom is 0.242 e. The summed E-state index contributed by atoms with van der Waals surface area (Å²) in [5, 5.41) is 0.235. The molecule has 1 aliphatic rings. The molecule has 2 rings (SSSR count). The molecular weight excluding hydrogens is 295 g/mol. The molecule has 4 nitrogen and oxygen atoms in total. The molecule has 1 N–H and O–H groups in total. The zero-order valence-corrected chi connectivity index (χ0v) is 12.2. The Balaban J connectivity index is 2.16. The number of hydrogen-bond donors (Lipinski definition) is 1. The zero-order chi connectivity index (χ0) is 13.3. The molecule has 0 spiro atoms. The first kappa shape index (κ1) is 14.1. The van der Waals surface area contributed by atoms with E-state index >= 15 is 0 Å². The number of pyridine rings is 1. The lowest BCUT2D eigenvalue weighted by molar-refractivity contribution is 0.260. The minimum Gasteiger partial charge on any atom is -0.242 e. The molecule has 1 fully saturated rings. The van der Waals surface area contributed by atoms with Gasteiger partial charge in [0.1, 0.15) is 10.0 Å². The molecule has 1 aromatic rings. The molecule has 100 valence electrons. The topological polar surface area (TPSA) is 59.1 Å². The minimum atomic E-state index is -3.58. The van der Waals surface area contributed by atoms with E-state index in [-0.39, 0.29) is 21.1 Å². The van der Waals surface area contributed by atoms with E-state index < -0.39 is 10.0 Å². The highest BCUT2D eigenvalue weighted by Crippen LogP contribution is 2.30. The molecule has 7 heteroatoms. The minimum absolute atomic E-state index is 0.0445. The number of nitrogens with zero attached hydrogens (tertiary/aromatic N) is 1. The van der Waals surface area contributed by atoms with Gasteiger partial charge in [-0.2, -0.15) is 0 Å². The smallest absolute Gasteiger partial charge is 0.242 e. The summed E-state index contributed by atoms with van der Waals surface area (Å²) in [6.07, 6.45) is 4.53. The first-order valence-electron chi connectivity index (χ1n) is 5.73. The number of rotatable bonds is 4. The van der Waals surface area contributed by atoms with Crippen LogP contribution in [0.2, 0.25) is 10.2 Å². The van der Waals surface area contributed by atoms with Gasteiger partial charge in [0, 0.05) is 12.2 Å². The van der Waals surface area contributed by atoms with E-state index in [1.54, 1.807) is 0 Å². The molecule has 1 aliphatic carbocycles. The molecule has 1 saturated carbocycles. The quantitative estimate of drug-likeness (QED) is 0.870. The first-order valence-corrected chi connectivity index (χ1v) is 7.97. The second-order valence-corrected chi connectivity index (χ2v) is 7.02. The Hall–Kier alpha value is -0.360. The van der Waals surface area contributed by atoms with Gasteiger partial charge in [0.2, 0.25) is 10.0 Å². The van der Waals surface area contributed by atoms with Crippen LogP contribution in [0.15, 0.2) is 17.2 Å². The van der Waals surface area contributed by atoms with Crippen LogP contribution in [-0.4, -0.2) is 19.4 Å². The maximum absolute atomic E-state index is 12.1. The summed E-state index contributed by atoms with van der Waals surface area (Å²) in [6, 6.07) is 1.24. The molecule has 0 bridgehead atoms. The van der Waals surface area contributed by atoms with Crippen LogP contribution in [0.5, 0.6) is 0 Å². The SMILES string of the molecule is CC(NS(=O)(=O)c1cnc(Cl)c(Cl)c1)C1CCC1. The molecule has 0 aliphatic heterocycles. The van der Waals surface area contributed by atoms with E-state index in [4.69, 9.17) is 23.2 Å².